The summed E-state index contributed by atoms with van der Waals surface area (Å²) in [4.78, 5) is 16.7. The van der Waals surface area contributed by atoms with E-state index in [2.05, 4.69) is 5.48 Å². The highest BCUT2D eigenvalue weighted by Gasteiger charge is 2.22. The van der Waals surface area contributed by atoms with Crippen molar-refractivity contribution in [2.24, 2.45) is 5.92 Å². The molecule has 1 aliphatic rings. The van der Waals surface area contributed by atoms with Gasteiger partial charge in [-0.15, -0.1) is 0 Å². The second-order valence-corrected chi connectivity index (χ2v) is 4.33. The maximum Gasteiger partial charge on any atom is 0.276 e. The summed E-state index contributed by atoms with van der Waals surface area (Å²) in [7, 11) is 0. The van der Waals surface area contributed by atoms with Gasteiger partial charge in [-0.25, -0.2) is 5.48 Å². The van der Waals surface area contributed by atoms with Crippen molar-refractivity contribution in [2.75, 3.05) is 12.3 Å². The van der Waals surface area contributed by atoms with Crippen molar-refractivity contribution >= 4 is 23.2 Å². The number of rotatable bonds is 4. The molecule has 1 aliphatic carbocycles. The average molecular weight is 241 g/mol. The van der Waals surface area contributed by atoms with E-state index < -0.39 is 0 Å². The number of hydrogen-bond acceptors (Lipinski definition) is 3. The van der Waals surface area contributed by atoms with E-state index >= 15 is 0 Å². The van der Waals surface area contributed by atoms with Gasteiger partial charge in [-0.3, -0.25) is 9.63 Å². The molecular weight excluding hydrogens is 228 g/mol. The number of nitrogen functional groups attached to an aromatic ring is 1. The van der Waals surface area contributed by atoms with Crippen LogP contribution in [0.25, 0.3) is 0 Å². The topological polar surface area (TPSA) is 64.4 Å². The van der Waals surface area contributed by atoms with Crippen LogP contribution in [0.3, 0.4) is 0 Å². The second kappa shape index (κ2) is 4.72. The molecule has 0 aromatic heterocycles. The lowest BCUT2D eigenvalue weighted by atomic mass is 10.2. The Labute approximate surface area is 98.7 Å². The highest BCUT2D eigenvalue weighted by molar-refractivity contribution is 6.33. The molecule has 16 heavy (non-hydrogen) atoms. The van der Waals surface area contributed by atoms with Crippen LogP contribution in [0.5, 0.6) is 0 Å². The van der Waals surface area contributed by atoms with Gasteiger partial charge in [-0.1, -0.05) is 11.6 Å². The number of hydrogen-bond donors (Lipinski definition) is 2. The number of anilines is 1. The van der Waals surface area contributed by atoms with E-state index in [9.17, 15) is 4.79 Å². The molecule has 1 fully saturated rings. The Bertz CT molecular complexity index is 405. The van der Waals surface area contributed by atoms with Crippen molar-refractivity contribution in [3.05, 3.63) is 28.8 Å². The fourth-order valence-corrected chi connectivity index (χ4v) is 1.48. The monoisotopic (exact) mass is 240 g/mol. The molecule has 1 aromatic carbocycles. The Morgan fingerprint density at radius 2 is 2.31 bits per heavy atom. The molecule has 0 radical (unpaired) electrons. The van der Waals surface area contributed by atoms with Gasteiger partial charge in [0.1, 0.15) is 0 Å². The quantitative estimate of drug-likeness (QED) is 0.625. The molecule has 0 saturated heterocycles. The van der Waals surface area contributed by atoms with Gasteiger partial charge in [0, 0.05) is 5.69 Å². The Kier molecular flexibility index (Phi) is 3.31. The number of halogens is 1. The molecule has 0 aliphatic heterocycles. The maximum atomic E-state index is 11.6. The predicted octanol–water partition coefficient (Wildman–Crippen LogP) is 1.99. The SMILES string of the molecule is Nc1ccc(Cl)c(C(=O)NOCC2CC2)c1. The van der Waals surface area contributed by atoms with Crippen LogP contribution in [0.15, 0.2) is 18.2 Å². The largest absolute Gasteiger partial charge is 0.399 e. The van der Waals surface area contributed by atoms with Gasteiger partial charge >= 0.3 is 0 Å². The number of amides is 1. The van der Waals surface area contributed by atoms with Crippen LogP contribution in [-0.2, 0) is 4.84 Å². The minimum atomic E-state index is -0.363. The zero-order chi connectivity index (χ0) is 11.5. The normalized spacial score (nSPS) is 14.8. The summed E-state index contributed by atoms with van der Waals surface area (Å²) >= 11 is 5.87. The molecule has 0 bridgehead atoms. The van der Waals surface area contributed by atoms with Crippen molar-refractivity contribution in [3.8, 4) is 0 Å². The Morgan fingerprint density at radius 1 is 1.56 bits per heavy atom. The zero-order valence-electron chi connectivity index (χ0n) is 8.70. The van der Waals surface area contributed by atoms with Crippen LogP contribution < -0.4 is 11.2 Å². The maximum absolute atomic E-state index is 11.6. The lowest BCUT2D eigenvalue weighted by Crippen LogP contribution is -2.25. The molecule has 0 unspecified atom stereocenters. The number of nitrogens with two attached hydrogens (primary N) is 1. The van der Waals surface area contributed by atoms with E-state index in [-0.39, 0.29) is 5.91 Å². The molecule has 4 nitrogen and oxygen atoms in total. The Hall–Kier alpha value is -1.26. The predicted molar refractivity (Wildman–Crippen MR) is 62.0 cm³/mol. The summed E-state index contributed by atoms with van der Waals surface area (Å²) in [5.74, 6) is 0.231. The van der Waals surface area contributed by atoms with Crippen LogP contribution in [0, 0.1) is 5.92 Å². The van der Waals surface area contributed by atoms with Gasteiger partial charge < -0.3 is 5.73 Å². The van der Waals surface area contributed by atoms with E-state index in [0.29, 0.717) is 28.8 Å². The van der Waals surface area contributed by atoms with Gasteiger partial charge in [0.05, 0.1) is 17.2 Å². The van der Waals surface area contributed by atoms with Gasteiger partial charge in [0.2, 0.25) is 0 Å². The summed E-state index contributed by atoms with van der Waals surface area (Å²) in [6.07, 6.45) is 2.35. The summed E-state index contributed by atoms with van der Waals surface area (Å²) in [5.41, 5.74) is 8.76. The molecule has 0 spiro atoms. The number of carbonyl (C=O) groups excluding carboxylic acids is 1. The molecule has 86 valence electrons. The Balaban J connectivity index is 1.93. The van der Waals surface area contributed by atoms with Gasteiger partial charge in [0.15, 0.2) is 0 Å². The first kappa shape index (κ1) is 11.2. The van der Waals surface area contributed by atoms with Crippen LogP contribution in [0.4, 0.5) is 5.69 Å². The third-order valence-corrected chi connectivity index (χ3v) is 2.75. The van der Waals surface area contributed by atoms with E-state index in [1.54, 1.807) is 12.1 Å². The van der Waals surface area contributed by atoms with Crippen LogP contribution in [0.2, 0.25) is 5.02 Å². The van der Waals surface area contributed by atoms with Crippen LogP contribution in [0.1, 0.15) is 23.2 Å². The Morgan fingerprint density at radius 3 is 3.00 bits per heavy atom. The number of carbonyl (C=O) groups is 1. The lowest BCUT2D eigenvalue weighted by molar-refractivity contribution is 0.0270. The van der Waals surface area contributed by atoms with Gasteiger partial charge in [-0.05, 0) is 37.0 Å². The van der Waals surface area contributed by atoms with Crippen molar-refractivity contribution in [1.82, 2.24) is 5.48 Å². The molecule has 1 saturated carbocycles. The fourth-order valence-electron chi connectivity index (χ4n) is 1.28. The smallest absolute Gasteiger partial charge is 0.276 e. The van der Waals surface area contributed by atoms with Gasteiger partial charge in [0.25, 0.3) is 5.91 Å². The molecule has 5 heteroatoms. The van der Waals surface area contributed by atoms with Crippen LogP contribution in [-0.4, -0.2) is 12.5 Å². The third kappa shape index (κ3) is 2.87. The fraction of sp³-hybridized carbons (Fsp3) is 0.364. The number of hydroxylamine groups is 1. The first-order valence-electron chi connectivity index (χ1n) is 5.14. The summed E-state index contributed by atoms with van der Waals surface area (Å²) < 4.78 is 0. The molecule has 1 aromatic rings. The first-order chi connectivity index (χ1) is 7.66. The van der Waals surface area contributed by atoms with Crippen molar-refractivity contribution in [1.29, 1.82) is 0 Å². The van der Waals surface area contributed by atoms with Crippen molar-refractivity contribution in [3.63, 3.8) is 0 Å². The second-order valence-electron chi connectivity index (χ2n) is 3.92. The summed E-state index contributed by atoms with van der Waals surface area (Å²) in [6.45, 7) is 0.561. The summed E-state index contributed by atoms with van der Waals surface area (Å²) in [5, 5.41) is 0.363. The summed E-state index contributed by atoms with van der Waals surface area (Å²) in [6, 6.07) is 4.76. The van der Waals surface area contributed by atoms with E-state index in [1.807, 2.05) is 0 Å². The van der Waals surface area contributed by atoms with Gasteiger partial charge in [-0.2, -0.15) is 0 Å². The first-order valence-corrected chi connectivity index (χ1v) is 5.52. The standard InChI is InChI=1S/C11H13ClN2O2/c12-10-4-3-8(13)5-9(10)11(15)14-16-6-7-1-2-7/h3-5,7H,1-2,6,13H2,(H,14,15). The highest BCUT2D eigenvalue weighted by atomic mass is 35.5. The van der Waals surface area contributed by atoms with Crippen molar-refractivity contribution < 1.29 is 9.63 Å². The minimum absolute atomic E-state index is 0.331. The average Bonchev–Trinajstić information content (AvgIpc) is 3.05. The lowest BCUT2D eigenvalue weighted by Gasteiger charge is -2.07. The van der Waals surface area contributed by atoms with E-state index in [1.165, 1.54) is 18.9 Å². The zero-order valence-corrected chi connectivity index (χ0v) is 9.46. The van der Waals surface area contributed by atoms with E-state index in [4.69, 9.17) is 22.2 Å². The third-order valence-electron chi connectivity index (χ3n) is 2.42. The molecule has 2 rings (SSSR count). The molecular formula is C11H13ClN2O2. The molecule has 0 heterocycles. The molecule has 0 atom stereocenters. The van der Waals surface area contributed by atoms with E-state index in [0.717, 1.165) is 0 Å². The molecule has 1 amide bonds. The van der Waals surface area contributed by atoms with Crippen molar-refractivity contribution in [2.45, 2.75) is 12.8 Å². The number of benzene rings is 1. The minimum Gasteiger partial charge on any atom is -0.399 e. The highest BCUT2D eigenvalue weighted by Crippen LogP contribution is 2.28. The van der Waals surface area contributed by atoms with Crippen LogP contribution >= 0.6 is 11.6 Å². The molecule has 3 N–H and O–H groups in total. The number of nitrogens with one attached hydrogen (secondary N) is 1.